The van der Waals surface area contributed by atoms with Gasteiger partial charge in [0.2, 0.25) is 0 Å². The molecule has 7 heteroatoms. The first-order chi connectivity index (χ1) is 13.9. The monoisotopic (exact) mass is 396 g/mol. The molecule has 0 spiro atoms. The molecule has 4 rings (SSSR count). The summed E-state index contributed by atoms with van der Waals surface area (Å²) in [5, 5.41) is 0. The third-order valence-corrected chi connectivity index (χ3v) is 6.05. The molecule has 0 unspecified atom stereocenters. The van der Waals surface area contributed by atoms with Crippen LogP contribution in [0.4, 0.5) is 9.18 Å². The van der Waals surface area contributed by atoms with Crippen molar-refractivity contribution in [2.45, 2.75) is 13.0 Å². The van der Waals surface area contributed by atoms with Crippen molar-refractivity contribution >= 4 is 11.9 Å². The molecule has 6 nitrogen and oxygen atoms in total. The number of halogens is 1. The summed E-state index contributed by atoms with van der Waals surface area (Å²) in [6, 6.07) is 10.7. The highest BCUT2D eigenvalue weighted by atomic mass is 19.1. The number of hydrogen-bond acceptors (Lipinski definition) is 3. The molecule has 0 aliphatic carbocycles. The Morgan fingerprint density at radius 1 is 1.10 bits per heavy atom. The average Bonchev–Trinajstić information content (AvgIpc) is 3.26. The summed E-state index contributed by atoms with van der Waals surface area (Å²) in [4.78, 5) is 34.9. The molecule has 2 fully saturated rings. The summed E-state index contributed by atoms with van der Waals surface area (Å²) in [7, 11) is 3.51. The Morgan fingerprint density at radius 2 is 1.86 bits per heavy atom. The summed E-state index contributed by atoms with van der Waals surface area (Å²) < 4.78 is 14.1. The second kappa shape index (κ2) is 7.46. The summed E-state index contributed by atoms with van der Waals surface area (Å²) in [5.74, 6) is -0.726. The number of fused-ring (bicyclic) bond motifs is 1. The van der Waals surface area contributed by atoms with Crippen LogP contribution in [0.2, 0.25) is 0 Å². The minimum atomic E-state index is -0.602. The van der Waals surface area contributed by atoms with Crippen LogP contribution in [-0.4, -0.2) is 65.4 Å². The maximum atomic E-state index is 14.1. The van der Waals surface area contributed by atoms with Crippen molar-refractivity contribution in [1.82, 2.24) is 19.7 Å². The van der Waals surface area contributed by atoms with Crippen molar-refractivity contribution in [2.75, 3.05) is 33.7 Å². The maximum absolute atomic E-state index is 14.1. The summed E-state index contributed by atoms with van der Waals surface area (Å²) >= 11 is 0. The molecule has 3 amide bonds. The second-order valence-corrected chi connectivity index (χ2v) is 8.10. The van der Waals surface area contributed by atoms with Crippen LogP contribution in [0.1, 0.15) is 27.7 Å². The number of amides is 3. The number of carbonyl (C=O) groups excluding carboxylic acids is 2. The molecular formula is C22H25FN4O2. The van der Waals surface area contributed by atoms with E-state index >= 15 is 0 Å². The van der Waals surface area contributed by atoms with Crippen molar-refractivity contribution in [3.05, 3.63) is 65.2 Å². The fourth-order valence-corrected chi connectivity index (χ4v) is 4.67. The first-order valence-electron chi connectivity index (χ1n) is 9.81. The third-order valence-electron chi connectivity index (χ3n) is 6.05. The highest BCUT2D eigenvalue weighted by Gasteiger charge is 2.51. The minimum absolute atomic E-state index is 0.0266. The summed E-state index contributed by atoms with van der Waals surface area (Å²) in [6.45, 7) is 3.60. The van der Waals surface area contributed by atoms with Gasteiger partial charge in [-0.15, -0.1) is 0 Å². The van der Waals surface area contributed by atoms with Gasteiger partial charge in [-0.2, -0.15) is 0 Å². The van der Waals surface area contributed by atoms with Crippen LogP contribution in [0.25, 0.3) is 0 Å². The minimum Gasteiger partial charge on any atom is -0.336 e. The van der Waals surface area contributed by atoms with Gasteiger partial charge in [0.05, 0.1) is 6.04 Å². The average molecular weight is 396 g/mol. The van der Waals surface area contributed by atoms with Crippen molar-refractivity contribution in [2.24, 2.45) is 11.8 Å². The van der Waals surface area contributed by atoms with Crippen LogP contribution in [0.3, 0.4) is 0 Å². The van der Waals surface area contributed by atoms with Gasteiger partial charge in [0.1, 0.15) is 0 Å². The smallest absolute Gasteiger partial charge is 0.320 e. The Hall–Kier alpha value is -2.96. The number of nitrogens with zero attached hydrogens (tertiary/aromatic N) is 4. The Bertz CT molecular complexity index is 948. The van der Waals surface area contributed by atoms with Gasteiger partial charge in [0.25, 0.3) is 5.91 Å². The number of carbonyl (C=O) groups is 2. The van der Waals surface area contributed by atoms with Gasteiger partial charge in [-0.25, -0.2) is 14.2 Å². The van der Waals surface area contributed by atoms with Gasteiger partial charge in [-0.05, 0) is 30.2 Å². The predicted octanol–water partition coefficient (Wildman–Crippen LogP) is 2.96. The number of pyridine rings is 1. The maximum Gasteiger partial charge on any atom is 0.320 e. The van der Waals surface area contributed by atoms with Crippen LogP contribution >= 0.6 is 0 Å². The SMILES string of the molecule is Cc1ccccc1[C@H]1[C@@H]2CN(C(=O)c3ncccc3F)C[C@@H]2CN1C(=O)N(C)C. The fourth-order valence-electron chi connectivity index (χ4n) is 4.67. The molecule has 1 aromatic carbocycles. The van der Waals surface area contributed by atoms with E-state index in [1.54, 1.807) is 23.9 Å². The molecule has 29 heavy (non-hydrogen) atoms. The molecule has 2 saturated heterocycles. The molecule has 0 radical (unpaired) electrons. The zero-order valence-electron chi connectivity index (χ0n) is 16.9. The lowest BCUT2D eigenvalue weighted by Crippen LogP contribution is -2.42. The lowest BCUT2D eigenvalue weighted by molar-refractivity contribution is 0.0755. The van der Waals surface area contributed by atoms with E-state index in [1.807, 2.05) is 30.0 Å². The Balaban J connectivity index is 1.64. The van der Waals surface area contributed by atoms with E-state index in [2.05, 4.69) is 11.1 Å². The quantitative estimate of drug-likeness (QED) is 0.784. The number of likely N-dealkylation sites (tertiary alicyclic amines) is 2. The Morgan fingerprint density at radius 3 is 2.55 bits per heavy atom. The van der Waals surface area contributed by atoms with Crippen LogP contribution in [-0.2, 0) is 0 Å². The van der Waals surface area contributed by atoms with E-state index in [-0.39, 0.29) is 35.5 Å². The van der Waals surface area contributed by atoms with Gasteiger partial charge < -0.3 is 14.7 Å². The number of rotatable bonds is 2. The molecule has 152 valence electrons. The number of urea groups is 1. The number of aromatic nitrogens is 1. The molecule has 2 aromatic rings. The normalized spacial score (nSPS) is 23.2. The topological polar surface area (TPSA) is 56.8 Å². The molecular weight excluding hydrogens is 371 g/mol. The largest absolute Gasteiger partial charge is 0.336 e. The van der Waals surface area contributed by atoms with E-state index in [0.717, 1.165) is 11.1 Å². The van der Waals surface area contributed by atoms with E-state index < -0.39 is 5.82 Å². The zero-order valence-corrected chi connectivity index (χ0v) is 16.9. The van der Waals surface area contributed by atoms with E-state index in [4.69, 9.17) is 0 Å². The van der Waals surface area contributed by atoms with Gasteiger partial charge in [0.15, 0.2) is 11.5 Å². The zero-order chi connectivity index (χ0) is 20.7. The van der Waals surface area contributed by atoms with Crippen LogP contribution < -0.4 is 0 Å². The molecule has 3 atom stereocenters. The van der Waals surface area contributed by atoms with Gasteiger partial charge in [-0.1, -0.05) is 24.3 Å². The highest BCUT2D eigenvalue weighted by molar-refractivity contribution is 5.92. The predicted molar refractivity (Wildman–Crippen MR) is 107 cm³/mol. The lowest BCUT2D eigenvalue weighted by Gasteiger charge is -2.32. The molecule has 1 aromatic heterocycles. The number of benzene rings is 1. The molecule has 0 N–H and O–H groups in total. The lowest BCUT2D eigenvalue weighted by atomic mass is 9.88. The number of aryl methyl sites for hydroxylation is 1. The molecule has 2 aliphatic heterocycles. The van der Waals surface area contributed by atoms with Crippen molar-refractivity contribution < 1.29 is 14.0 Å². The summed E-state index contributed by atoms with van der Waals surface area (Å²) in [6.07, 6.45) is 1.43. The Labute approximate surface area is 169 Å². The second-order valence-electron chi connectivity index (χ2n) is 8.10. The molecule has 0 saturated carbocycles. The first kappa shape index (κ1) is 19.4. The van der Waals surface area contributed by atoms with Crippen LogP contribution in [0.5, 0.6) is 0 Å². The van der Waals surface area contributed by atoms with E-state index in [9.17, 15) is 14.0 Å². The highest BCUT2D eigenvalue weighted by Crippen LogP contribution is 2.46. The van der Waals surface area contributed by atoms with Gasteiger partial charge >= 0.3 is 6.03 Å². The summed E-state index contributed by atoms with van der Waals surface area (Å²) in [5.41, 5.74) is 2.09. The van der Waals surface area contributed by atoms with E-state index in [1.165, 1.54) is 18.3 Å². The third kappa shape index (κ3) is 3.34. The molecule has 3 heterocycles. The molecule has 2 aliphatic rings. The molecule has 0 bridgehead atoms. The Kier molecular flexibility index (Phi) is 4.98. The van der Waals surface area contributed by atoms with Crippen molar-refractivity contribution in [1.29, 1.82) is 0 Å². The van der Waals surface area contributed by atoms with Gasteiger partial charge in [-0.3, -0.25) is 4.79 Å². The van der Waals surface area contributed by atoms with Crippen LogP contribution in [0, 0.1) is 24.6 Å². The van der Waals surface area contributed by atoms with Gasteiger partial charge in [0, 0.05) is 51.8 Å². The van der Waals surface area contributed by atoms with Crippen LogP contribution in [0.15, 0.2) is 42.6 Å². The number of hydrogen-bond donors (Lipinski definition) is 0. The first-order valence-corrected chi connectivity index (χ1v) is 9.81. The van der Waals surface area contributed by atoms with Crippen molar-refractivity contribution in [3.8, 4) is 0 Å². The standard InChI is InChI=1S/C22H25FN4O2/c1-14-7-4-5-8-16(14)20-17-13-26(21(28)19-18(23)9-6-10-24-19)11-15(17)12-27(20)22(29)25(2)3/h4-10,15,17,20H,11-13H2,1-3H3/t15-,17-,20+/m1/s1. The van der Waals surface area contributed by atoms with Crippen molar-refractivity contribution in [3.63, 3.8) is 0 Å². The fraction of sp³-hybridized carbons (Fsp3) is 0.409. The van der Waals surface area contributed by atoms with E-state index in [0.29, 0.717) is 19.6 Å².